The molecule has 0 aromatic carbocycles. The molecular formula is C18H27N5OS. The van der Waals surface area contributed by atoms with E-state index in [2.05, 4.69) is 41.3 Å². The van der Waals surface area contributed by atoms with Crippen LogP contribution in [0.3, 0.4) is 0 Å². The number of thioether (sulfide) groups is 1. The van der Waals surface area contributed by atoms with Crippen molar-refractivity contribution in [2.75, 3.05) is 5.75 Å². The maximum absolute atomic E-state index is 12.1. The van der Waals surface area contributed by atoms with Gasteiger partial charge in [-0.1, -0.05) is 38.5 Å². The van der Waals surface area contributed by atoms with Crippen LogP contribution >= 0.6 is 11.8 Å². The number of rotatable bonds is 9. The number of aromatic nitrogens is 4. The first-order chi connectivity index (χ1) is 12.0. The fraction of sp³-hybridized carbons (Fsp3) is 0.556. The Morgan fingerprint density at radius 3 is 2.60 bits per heavy atom. The van der Waals surface area contributed by atoms with Crippen LogP contribution in [0.2, 0.25) is 0 Å². The Hall–Kier alpha value is -1.89. The highest BCUT2D eigenvalue weighted by molar-refractivity contribution is 7.99. The molecule has 1 N–H and O–H groups in total. The molecule has 0 bridgehead atoms. The summed E-state index contributed by atoms with van der Waals surface area (Å²) in [4.78, 5) is 16.1. The van der Waals surface area contributed by atoms with Crippen molar-refractivity contribution in [3.63, 3.8) is 0 Å². The molecule has 0 unspecified atom stereocenters. The molecule has 136 valence electrons. The number of nitrogens with one attached hydrogen (secondary N) is 1. The number of nitrogens with zero attached hydrogens (tertiary/aromatic N) is 4. The fourth-order valence-corrected chi connectivity index (χ4v) is 3.27. The molecule has 0 aliphatic heterocycles. The molecule has 2 rings (SSSR count). The first kappa shape index (κ1) is 19.4. The molecule has 2 aromatic heterocycles. The number of hydrogen-bond donors (Lipinski definition) is 1. The van der Waals surface area contributed by atoms with Crippen LogP contribution in [0.5, 0.6) is 0 Å². The summed E-state index contributed by atoms with van der Waals surface area (Å²) < 4.78 is 1.90. The first-order valence-corrected chi connectivity index (χ1v) is 9.68. The largest absolute Gasteiger partial charge is 0.353 e. The topological polar surface area (TPSA) is 72.7 Å². The third-order valence-corrected chi connectivity index (χ3v) is 4.95. The molecule has 0 fully saturated rings. The lowest BCUT2D eigenvalue weighted by Gasteiger charge is -2.14. The van der Waals surface area contributed by atoms with E-state index >= 15 is 0 Å². The number of carbonyl (C=O) groups is 1. The maximum Gasteiger partial charge on any atom is 0.230 e. The lowest BCUT2D eigenvalue weighted by Crippen LogP contribution is -2.33. The van der Waals surface area contributed by atoms with Crippen molar-refractivity contribution < 1.29 is 4.79 Å². The van der Waals surface area contributed by atoms with E-state index in [0.717, 1.165) is 29.4 Å². The Kier molecular flexibility index (Phi) is 7.43. The molecule has 7 heteroatoms. The number of amides is 1. The molecule has 0 saturated heterocycles. The Bertz CT molecular complexity index is 671. The van der Waals surface area contributed by atoms with Gasteiger partial charge in [0.05, 0.1) is 5.75 Å². The molecule has 2 aromatic rings. The van der Waals surface area contributed by atoms with Gasteiger partial charge in [0.25, 0.3) is 0 Å². The van der Waals surface area contributed by atoms with Crippen molar-refractivity contribution in [1.82, 2.24) is 25.1 Å². The van der Waals surface area contributed by atoms with Gasteiger partial charge in [-0.3, -0.25) is 9.78 Å². The van der Waals surface area contributed by atoms with E-state index in [1.807, 2.05) is 23.7 Å². The van der Waals surface area contributed by atoms with Crippen LogP contribution in [0.25, 0.3) is 11.4 Å². The highest BCUT2D eigenvalue weighted by Gasteiger charge is 2.14. The molecule has 25 heavy (non-hydrogen) atoms. The van der Waals surface area contributed by atoms with Crippen molar-refractivity contribution >= 4 is 17.7 Å². The van der Waals surface area contributed by atoms with Gasteiger partial charge in [-0.25, -0.2) is 0 Å². The van der Waals surface area contributed by atoms with E-state index in [4.69, 9.17) is 0 Å². The van der Waals surface area contributed by atoms with E-state index in [1.165, 1.54) is 18.2 Å². The SMILES string of the molecule is CC(C)CCC[C@@H](C)NC(=O)CSc1nnc(-c2ccncc2)n1C. The zero-order valence-corrected chi connectivity index (χ0v) is 16.2. The van der Waals surface area contributed by atoms with Gasteiger partial charge in [0.2, 0.25) is 5.91 Å². The van der Waals surface area contributed by atoms with Crippen LogP contribution in [0.4, 0.5) is 0 Å². The normalized spacial score (nSPS) is 12.4. The minimum absolute atomic E-state index is 0.0375. The van der Waals surface area contributed by atoms with Crippen LogP contribution < -0.4 is 5.32 Å². The number of carbonyl (C=O) groups excluding carboxylic acids is 1. The third kappa shape index (κ3) is 6.16. The molecule has 1 atom stereocenters. The van der Waals surface area contributed by atoms with E-state index in [0.29, 0.717) is 11.7 Å². The Morgan fingerprint density at radius 2 is 1.92 bits per heavy atom. The molecule has 0 aliphatic rings. The summed E-state index contributed by atoms with van der Waals surface area (Å²) >= 11 is 1.40. The summed E-state index contributed by atoms with van der Waals surface area (Å²) in [5.41, 5.74) is 0.958. The summed E-state index contributed by atoms with van der Waals surface area (Å²) in [7, 11) is 1.91. The van der Waals surface area contributed by atoms with Crippen molar-refractivity contribution in [1.29, 1.82) is 0 Å². The van der Waals surface area contributed by atoms with Crippen molar-refractivity contribution in [3.8, 4) is 11.4 Å². The zero-order chi connectivity index (χ0) is 18.2. The van der Waals surface area contributed by atoms with E-state index in [1.54, 1.807) is 12.4 Å². The third-order valence-electron chi connectivity index (χ3n) is 3.93. The molecule has 0 saturated carbocycles. The molecule has 6 nitrogen and oxygen atoms in total. The average Bonchev–Trinajstić information content (AvgIpc) is 2.94. The van der Waals surface area contributed by atoms with Gasteiger partial charge < -0.3 is 9.88 Å². The summed E-state index contributed by atoms with van der Waals surface area (Å²) in [6, 6.07) is 3.99. The minimum Gasteiger partial charge on any atom is -0.353 e. The summed E-state index contributed by atoms with van der Waals surface area (Å²) in [6.07, 6.45) is 6.82. The molecule has 0 spiro atoms. The van der Waals surface area contributed by atoms with E-state index < -0.39 is 0 Å². The van der Waals surface area contributed by atoms with Crippen LogP contribution in [0, 0.1) is 5.92 Å². The predicted octanol–water partition coefficient (Wildman–Crippen LogP) is 3.30. The second kappa shape index (κ2) is 9.56. The predicted molar refractivity (Wildman–Crippen MR) is 101 cm³/mol. The Balaban J connectivity index is 1.81. The van der Waals surface area contributed by atoms with Crippen molar-refractivity contribution in [2.45, 2.75) is 51.2 Å². The summed E-state index contributed by atoms with van der Waals surface area (Å²) in [6.45, 7) is 6.51. The summed E-state index contributed by atoms with van der Waals surface area (Å²) in [5, 5.41) is 12.2. The van der Waals surface area contributed by atoms with Gasteiger partial charge in [-0.2, -0.15) is 0 Å². The molecule has 2 heterocycles. The number of pyridine rings is 1. The quantitative estimate of drug-likeness (QED) is 0.694. The fourth-order valence-electron chi connectivity index (χ4n) is 2.54. The maximum atomic E-state index is 12.1. The van der Waals surface area contributed by atoms with Crippen molar-refractivity contribution in [2.24, 2.45) is 13.0 Å². The van der Waals surface area contributed by atoms with Crippen LogP contribution in [-0.2, 0) is 11.8 Å². The molecular weight excluding hydrogens is 334 g/mol. The standard InChI is InChI=1S/C18H27N5OS/c1-13(2)6-5-7-14(3)20-16(24)12-25-18-22-21-17(23(18)4)15-8-10-19-11-9-15/h8-11,13-14H,5-7,12H2,1-4H3,(H,20,24)/t14-/m1/s1. The highest BCUT2D eigenvalue weighted by atomic mass is 32.2. The van der Waals surface area contributed by atoms with E-state index in [9.17, 15) is 4.79 Å². The zero-order valence-electron chi connectivity index (χ0n) is 15.4. The Morgan fingerprint density at radius 1 is 1.20 bits per heavy atom. The van der Waals surface area contributed by atoms with Crippen molar-refractivity contribution in [3.05, 3.63) is 24.5 Å². The monoisotopic (exact) mass is 361 g/mol. The minimum atomic E-state index is 0.0375. The average molecular weight is 362 g/mol. The van der Waals surface area contributed by atoms with Gasteiger partial charge in [0.15, 0.2) is 11.0 Å². The second-order valence-corrected chi connectivity index (χ2v) is 7.63. The van der Waals surface area contributed by atoms with E-state index in [-0.39, 0.29) is 11.9 Å². The second-order valence-electron chi connectivity index (χ2n) is 6.68. The van der Waals surface area contributed by atoms with Gasteiger partial charge in [0, 0.05) is 31.0 Å². The molecule has 1 amide bonds. The highest BCUT2D eigenvalue weighted by Crippen LogP contribution is 2.21. The lowest BCUT2D eigenvalue weighted by atomic mass is 10.0. The number of hydrogen-bond acceptors (Lipinski definition) is 5. The summed E-state index contributed by atoms with van der Waals surface area (Å²) in [5.74, 6) is 1.86. The van der Waals surface area contributed by atoms with Gasteiger partial charge in [-0.05, 0) is 31.4 Å². The van der Waals surface area contributed by atoms with Crippen LogP contribution in [0.15, 0.2) is 29.7 Å². The smallest absolute Gasteiger partial charge is 0.230 e. The van der Waals surface area contributed by atoms with Gasteiger partial charge >= 0.3 is 0 Å². The molecule has 0 aliphatic carbocycles. The lowest BCUT2D eigenvalue weighted by molar-refractivity contribution is -0.119. The van der Waals surface area contributed by atoms with Gasteiger partial charge in [-0.15, -0.1) is 10.2 Å². The van der Waals surface area contributed by atoms with Crippen LogP contribution in [0.1, 0.15) is 40.0 Å². The first-order valence-electron chi connectivity index (χ1n) is 8.69. The van der Waals surface area contributed by atoms with Gasteiger partial charge in [0.1, 0.15) is 0 Å². The Labute approximate surface area is 153 Å². The van der Waals surface area contributed by atoms with Crippen LogP contribution in [-0.4, -0.2) is 37.5 Å². The molecule has 0 radical (unpaired) electrons.